The van der Waals surface area contributed by atoms with E-state index in [1.165, 1.54) is 12.3 Å². The molecule has 0 spiro atoms. The molecule has 1 atom stereocenters. The number of carbonyl (C=O) groups is 2. The second kappa shape index (κ2) is 10.2. The van der Waals surface area contributed by atoms with Gasteiger partial charge in [0.15, 0.2) is 0 Å². The first-order chi connectivity index (χ1) is 15.2. The van der Waals surface area contributed by atoms with Gasteiger partial charge in [-0.1, -0.05) is 18.5 Å². The van der Waals surface area contributed by atoms with Crippen LogP contribution in [0.15, 0.2) is 30.6 Å². The van der Waals surface area contributed by atoms with E-state index >= 15 is 0 Å². The molecule has 1 aliphatic heterocycles. The normalized spacial score (nSPS) is 16.5. The second-order valence-corrected chi connectivity index (χ2v) is 7.92. The predicted octanol–water partition coefficient (Wildman–Crippen LogP) is 4.29. The minimum Gasteiger partial charge on any atom is -0.353 e. The van der Waals surface area contributed by atoms with Crippen LogP contribution in [-0.2, 0) is 11.0 Å². The number of nitrogens with one attached hydrogen (secondary N) is 2. The van der Waals surface area contributed by atoms with Gasteiger partial charge >= 0.3 is 6.18 Å². The summed E-state index contributed by atoms with van der Waals surface area (Å²) in [6.07, 6.45) is 0.139. The van der Waals surface area contributed by atoms with Gasteiger partial charge < -0.3 is 15.5 Å². The number of piperidine rings is 1. The van der Waals surface area contributed by atoms with E-state index in [0.717, 1.165) is 12.3 Å². The maximum atomic E-state index is 12.9. The largest absolute Gasteiger partial charge is 0.417 e. The van der Waals surface area contributed by atoms with Crippen LogP contribution < -0.4 is 15.5 Å². The van der Waals surface area contributed by atoms with Crippen molar-refractivity contribution in [3.05, 3.63) is 46.7 Å². The average molecular weight is 470 g/mol. The third-order valence-corrected chi connectivity index (χ3v) is 5.25. The number of amides is 2. The van der Waals surface area contributed by atoms with Gasteiger partial charge in [-0.05, 0) is 37.5 Å². The van der Waals surface area contributed by atoms with Crippen LogP contribution in [0.3, 0.4) is 0 Å². The highest BCUT2D eigenvalue weighted by atomic mass is 35.5. The number of anilines is 2. The molecule has 2 amide bonds. The van der Waals surface area contributed by atoms with Crippen molar-refractivity contribution < 1.29 is 22.8 Å². The van der Waals surface area contributed by atoms with Crippen LogP contribution in [0.2, 0.25) is 5.02 Å². The van der Waals surface area contributed by atoms with Gasteiger partial charge in [-0.3, -0.25) is 9.59 Å². The number of alkyl halides is 3. The van der Waals surface area contributed by atoms with Gasteiger partial charge in [0.25, 0.3) is 5.91 Å². The fraction of sp³-hybridized carbons (Fsp3) is 0.429. The Labute approximate surface area is 188 Å². The lowest BCUT2D eigenvalue weighted by Crippen LogP contribution is -2.48. The van der Waals surface area contributed by atoms with Crippen LogP contribution in [-0.4, -0.2) is 40.9 Å². The SMILES string of the molecule is CCCC(=O)Nc1cc(C(=O)N[C@@H]2CCCN(c3ncc(C(F)(F)F)cc3Cl)C2)ccn1. The van der Waals surface area contributed by atoms with Gasteiger partial charge in [-0.15, -0.1) is 0 Å². The van der Waals surface area contributed by atoms with Crippen molar-refractivity contribution in [2.75, 3.05) is 23.3 Å². The van der Waals surface area contributed by atoms with Gasteiger partial charge in [0.1, 0.15) is 11.6 Å². The van der Waals surface area contributed by atoms with E-state index in [2.05, 4.69) is 20.6 Å². The predicted molar refractivity (Wildman–Crippen MR) is 115 cm³/mol. The standard InChI is InChI=1S/C21H23ClF3N5O2/c1-2-4-18(31)29-17-9-13(6-7-26-17)20(32)28-15-5-3-8-30(12-15)19-16(22)10-14(11-27-19)21(23,24)25/h6-7,9-11,15H,2-5,8,12H2,1H3,(H,28,32)(H,26,29,31)/t15-/m1/s1. The molecule has 0 radical (unpaired) electrons. The van der Waals surface area contributed by atoms with E-state index in [0.29, 0.717) is 50.2 Å². The maximum absolute atomic E-state index is 12.9. The van der Waals surface area contributed by atoms with Crippen LogP contribution in [0.4, 0.5) is 24.8 Å². The number of nitrogens with zero attached hydrogens (tertiary/aromatic N) is 3. The van der Waals surface area contributed by atoms with Gasteiger partial charge in [0.05, 0.1) is 10.6 Å². The van der Waals surface area contributed by atoms with E-state index in [4.69, 9.17) is 11.6 Å². The number of carbonyl (C=O) groups excluding carboxylic acids is 2. The minimum absolute atomic E-state index is 0.0894. The molecule has 172 valence electrons. The molecule has 11 heteroatoms. The molecule has 2 aromatic heterocycles. The second-order valence-electron chi connectivity index (χ2n) is 7.51. The Bertz CT molecular complexity index is 986. The number of rotatable bonds is 6. The molecule has 7 nitrogen and oxygen atoms in total. The van der Waals surface area contributed by atoms with E-state index in [9.17, 15) is 22.8 Å². The van der Waals surface area contributed by atoms with Gasteiger partial charge in [0, 0.05) is 43.5 Å². The highest BCUT2D eigenvalue weighted by Crippen LogP contribution is 2.34. The molecule has 2 aromatic rings. The molecule has 0 aliphatic carbocycles. The summed E-state index contributed by atoms with van der Waals surface area (Å²) in [6, 6.07) is 3.65. The summed E-state index contributed by atoms with van der Waals surface area (Å²) in [6.45, 7) is 2.81. The number of halogens is 4. The molecule has 1 aliphatic rings. The van der Waals surface area contributed by atoms with E-state index in [1.54, 1.807) is 11.0 Å². The van der Waals surface area contributed by atoms with E-state index < -0.39 is 11.7 Å². The molecule has 3 rings (SSSR count). The lowest BCUT2D eigenvalue weighted by molar-refractivity contribution is -0.137. The lowest BCUT2D eigenvalue weighted by atomic mass is 10.0. The van der Waals surface area contributed by atoms with E-state index in [-0.39, 0.29) is 28.7 Å². The summed E-state index contributed by atoms with van der Waals surface area (Å²) in [5.41, 5.74) is -0.567. The summed E-state index contributed by atoms with van der Waals surface area (Å²) in [5, 5.41) is 5.48. The van der Waals surface area contributed by atoms with Crippen LogP contribution in [0.5, 0.6) is 0 Å². The van der Waals surface area contributed by atoms with E-state index in [1.807, 2.05) is 6.92 Å². The smallest absolute Gasteiger partial charge is 0.353 e. The fourth-order valence-electron chi connectivity index (χ4n) is 3.45. The highest BCUT2D eigenvalue weighted by molar-refractivity contribution is 6.33. The van der Waals surface area contributed by atoms with Crippen molar-refractivity contribution in [2.45, 2.75) is 44.8 Å². The zero-order valence-electron chi connectivity index (χ0n) is 17.4. The third-order valence-electron chi connectivity index (χ3n) is 4.97. The number of pyridine rings is 2. The van der Waals surface area contributed by atoms with Crippen molar-refractivity contribution in [3.63, 3.8) is 0 Å². The summed E-state index contributed by atoms with van der Waals surface area (Å²) in [4.78, 5) is 34.2. The first kappa shape index (κ1) is 23.8. The lowest BCUT2D eigenvalue weighted by Gasteiger charge is -2.34. The molecule has 1 saturated heterocycles. The average Bonchev–Trinajstić information content (AvgIpc) is 2.73. The molecule has 1 fully saturated rings. The Morgan fingerprint density at radius 3 is 2.75 bits per heavy atom. The number of hydrogen-bond acceptors (Lipinski definition) is 5. The third kappa shape index (κ3) is 6.09. The van der Waals surface area contributed by atoms with Crippen molar-refractivity contribution >= 4 is 35.1 Å². The van der Waals surface area contributed by atoms with Crippen molar-refractivity contribution in [1.29, 1.82) is 0 Å². The summed E-state index contributed by atoms with van der Waals surface area (Å²) in [7, 11) is 0. The number of hydrogen-bond donors (Lipinski definition) is 2. The monoisotopic (exact) mass is 469 g/mol. The van der Waals surface area contributed by atoms with Crippen LogP contribution in [0.1, 0.15) is 48.5 Å². The molecule has 0 aromatic carbocycles. The topological polar surface area (TPSA) is 87.2 Å². The Balaban J connectivity index is 1.65. The van der Waals surface area contributed by atoms with Crippen molar-refractivity contribution in [2.24, 2.45) is 0 Å². The Hall–Kier alpha value is -2.88. The number of aromatic nitrogens is 2. The van der Waals surface area contributed by atoms with Gasteiger partial charge in [-0.25, -0.2) is 9.97 Å². The summed E-state index contributed by atoms with van der Waals surface area (Å²) >= 11 is 6.07. The minimum atomic E-state index is -4.52. The van der Waals surface area contributed by atoms with Gasteiger partial charge in [0.2, 0.25) is 5.91 Å². The fourth-order valence-corrected chi connectivity index (χ4v) is 3.73. The first-order valence-electron chi connectivity index (χ1n) is 10.2. The Morgan fingerprint density at radius 2 is 2.06 bits per heavy atom. The zero-order chi connectivity index (χ0) is 23.3. The maximum Gasteiger partial charge on any atom is 0.417 e. The van der Waals surface area contributed by atoms with Crippen molar-refractivity contribution in [1.82, 2.24) is 15.3 Å². The summed E-state index contributed by atoms with van der Waals surface area (Å²) in [5.74, 6) is 0.0312. The molecule has 0 unspecified atom stereocenters. The van der Waals surface area contributed by atoms with Crippen LogP contribution >= 0.6 is 11.6 Å². The Morgan fingerprint density at radius 1 is 1.28 bits per heavy atom. The summed E-state index contributed by atoms with van der Waals surface area (Å²) < 4.78 is 38.6. The molecule has 2 N–H and O–H groups in total. The molecule has 0 saturated carbocycles. The molecular weight excluding hydrogens is 447 g/mol. The molecule has 3 heterocycles. The van der Waals surface area contributed by atoms with Crippen molar-refractivity contribution in [3.8, 4) is 0 Å². The molecule has 0 bridgehead atoms. The van der Waals surface area contributed by atoms with Crippen LogP contribution in [0, 0.1) is 0 Å². The molecule has 32 heavy (non-hydrogen) atoms. The van der Waals surface area contributed by atoms with Crippen LogP contribution in [0.25, 0.3) is 0 Å². The zero-order valence-corrected chi connectivity index (χ0v) is 18.1. The molecular formula is C21H23ClF3N5O2. The quantitative estimate of drug-likeness (QED) is 0.659. The Kier molecular flexibility index (Phi) is 7.55. The first-order valence-corrected chi connectivity index (χ1v) is 10.6. The van der Waals surface area contributed by atoms with Gasteiger partial charge in [-0.2, -0.15) is 13.2 Å². The highest BCUT2D eigenvalue weighted by Gasteiger charge is 2.32.